The van der Waals surface area contributed by atoms with E-state index in [9.17, 15) is 0 Å². The third-order valence-corrected chi connectivity index (χ3v) is 5.41. The van der Waals surface area contributed by atoms with Gasteiger partial charge in [-0.05, 0) is 54.6 Å². The van der Waals surface area contributed by atoms with Gasteiger partial charge in [0.1, 0.15) is 6.04 Å². The SMILES string of the molecule is COc1c2c(cc3c1[C@H](c1nnnn1-c1ccc(C)cc1)N(C)CC3)OCO2. The molecule has 0 spiro atoms. The molecular weight excluding hydrogens is 358 g/mol. The molecule has 0 saturated heterocycles. The number of nitrogens with zero attached hydrogens (tertiary/aromatic N) is 5. The van der Waals surface area contributed by atoms with Crippen molar-refractivity contribution < 1.29 is 14.2 Å². The van der Waals surface area contributed by atoms with Gasteiger partial charge < -0.3 is 14.2 Å². The molecule has 2 aromatic carbocycles. The number of aryl methyl sites for hydroxylation is 1. The Balaban J connectivity index is 1.69. The molecular formula is C20H21N5O3. The molecule has 0 amide bonds. The van der Waals surface area contributed by atoms with Crippen LogP contribution >= 0.6 is 0 Å². The number of hydrogen-bond donors (Lipinski definition) is 0. The van der Waals surface area contributed by atoms with Gasteiger partial charge >= 0.3 is 0 Å². The van der Waals surface area contributed by atoms with Gasteiger partial charge in [-0.15, -0.1) is 5.10 Å². The molecule has 144 valence electrons. The predicted octanol–water partition coefficient (Wildman–Crippen LogP) is 2.29. The van der Waals surface area contributed by atoms with Gasteiger partial charge in [-0.25, -0.2) is 0 Å². The summed E-state index contributed by atoms with van der Waals surface area (Å²) in [4.78, 5) is 2.24. The van der Waals surface area contributed by atoms with Crippen molar-refractivity contribution in [3.05, 3.63) is 52.8 Å². The van der Waals surface area contributed by atoms with Crippen molar-refractivity contribution in [1.29, 1.82) is 0 Å². The molecule has 0 N–H and O–H groups in total. The second-order valence-electron chi connectivity index (χ2n) is 7.13. The molecule has 1 atom stereocenters. The molecule has 0 fully saturated rings. The third kappa shape index (κ3) is 2.52. The highest BCUT2D eigenvalue weighted by Crippen LogP contribution is 2.50. The summed E-state index contributed by atoms with van der Waals surface area (Å²) < 4.78 is 18.9. The molecule has 28 heavy (non-hydrogen) atoms. The lowest BCUT2D eigenvalue weighted by Crippen LogP contribution is -2.35. The molecule has 5 rings (SSSR count). The maximum Gasteiger partial charge on any atom is 0.231 e. The zero-order valence-corrected chi connectivity index (χ0v) is 16.0. The minimum Gasteiger partial charge on any atom is -0.492 e. The summed E-state index contributed by atoms with van der Waals surface area (Å²) in [7, 11) is 3.73. The van der Waals surface area contributed by atoms with Crippen LogP contribution in [0.15, 0.2) is 30.3 Å². The van der Waals surface area contributed by atoms with Gasteiger partial charge in [-0.2, -0.15) is 4.68 Å². The molecule has 1 aromatic heterocycles. The highest BCUT2D eigenvalue weighted by atomic mass is 16.7. The number of hydrogen-bond acceptors (Lipinski definition) is 7. The summed E-state index contributed by atoms with van der Waals surface area (Å²) in [5.41, 5.74) is 4.31. The van der Waals surface area contributed by atoms with Crippen molar-refractivity contribution in [3.8, 4) is 22.9 Å². The van der Waals surface area contributed by atoms with Crippen LogP contribution in [-0.2, 0) is 6.42 Å². The van der Waals surface area contributed by atoms with Crippen molar-refractivity contribution in [3.63, 3.8) is 0 Å². The van der Waals surface area contributed by atoms with E-state index in [1.807, 2.05) is 12.1 Å². The summed E-state index contributed by atoms with van der Waals surface area (Å²) in [6, 6.07) is 10.0. The summed E-state index contributed by atoms with van der Waals surface area (Å²) in [5.74, 6) is 2.82. The number of likely N-dealkylation sites (N-methyl/N-ethyl adjacent to an activating group) is 1. The maximum atomic E-state index is 5.78. The predicted molar refractivity (Wildman–Crippen MR) is 101 cm³/mol. The van der Waals surface area contributed by atoms with Crippen molar-refractivity contribution in [2.45, 2.75) is 19.4 Å². The zero-order chi connectivity index (χ0) is 19.3. The van der Waals surface area contributed by atoms with E-state index in [0.717, 1.165) is 35.8 Å². The van der Waals surface area contributed by atoms with E-state index >= 15 is 0 Å². The Morgan fingerprint density at radius 3 is 2.79 bits per heavy atom. The summed E-state index contributed by atoms with van der Waals surface area (Å²) in [5, 5.41) is 12.6. The second kappa shape index (κ2) is 6.49. The molecule has 2 aliphatic heterocycles. The van der Waals surface area contributed by atoms with Gasteiger partial charge in [0.2, 0.25) is 12.5 Å². The van der Waals surface area contributed by atoms with E-state index in [2.05, 4.69) is 52.6 Å². The summed E-state index contributed by atoms with van der Waals surface area (Å²) in [6.45, 7) is 3.14. The Hall–Kier alpha value is -3.13. The van der Waals surface area contributed by atoms with Crippen LogP contribution in [0.4, 0.5) is 0 Å². The van der Waals surface area contributed by atoms with Gasteiger partial charge in [-0.3, -0.25) is 4.90 Å². The first-order chi connectivity index (χ1) is 13.7. The Labute approximate surface area is 162 Å². The van der Waals surface area contributed by atoms with Crippen LogP contribution in [0.3, 0.4) is 0 Å². The fourth-order valence-electron chi connectivity index (χ4n) is 3.99. The number of rotatable bonds is 3. The topological polar surface area (TPSA) is 74.5 Å². The van der Waals surface area contributed by atoms with E-state index in [1.54, 1.807) is 11.8 Å². The summed E-state index contributed by atoms with van der Waals surface area (Å²) in [6.07, 6.45) is 0.890. The monoisotopic (exact) mass is 379 g/mol. The van der Waals surface area contributed by atoms with Crippen LogP contribution in [0, 0.1) is 6.92 Å². The fourth-order valence-corrected chi connectivity index (χ4v) is 3.99. The van der Waals surface area contributed by atoms with E-state index in [1.165, 1.54) is 11.1 Å². The lowest BCUT2D eigenvalue weighted by molar-refractivity contribution is 0.170. The van der Waals surface area contributed by atoms with Gasteiger partial charge in [0.25, 0.3) is 0 Å². The standard InChI is InChI=1S/C20H21N5O3/c1-12-4-6-14(7-5-12)25-20(21-22-23-25)17-16-13(8-9-24(17)2)10-15-18(19(16)26-3)28-11-27-15/h4-7,10,17H,8-9,11H2,1-3H3/t17-/m1/s1. The number of methoxy groups -OCH3 is 1. The van der Waals surface area contributed by atoms with Crippen molar-refractivity contribution >= 4 is 0 Å². The number of ether oxygens (including phenoxy) is 3. The minimum absolute atomic E-state index is 0.162. The van der Waals surface area contributed by atoms with Crippen molar-refractivity contribution in [2.75, 3.05) is 27.5 Å². The van der Waals surface area contributed by atoms with Crippen molar-refractivity contribution in [2.24, 2.45) is 0 Å². The molecule has 0 saturated carbocycles. The van der Waals surface area contributed by atoms with E-state index in [0.29, 0.717) is 11.5 Å². The molecule has 3 heterocycles. The van der Waals surface area contributed by atoms with Crippen LogP contribution in [0.1, 0.15) is 28.6 Å². The first-order valence-corrected chi connectivity index (χ1v) is 9.22. The second-order valence-corrected chi connectivity index (χ2v) is 7.13. The number of benzene rings is 2. The molecule has 8 nitrogen and oxygen atoms in total. The maximum absolute atomic E-state index is 5.78. The van der Waals surface area contributed by atoms with Crippen molar-refractivity contribution in [1.82, 2.24) is 25.1 Å². The highest BCUT2D eigenvalue weighted by molar-refractivity contribution is 5.62. The lowest BCUT2D eigenvalue weighted by Gasteiger charge is -2.34. The largest absolute Gasteiger partial charge is 0.492 e. The van der Waals surface area contributed by atoms with E-state index in [4.69, 9.17) is 14.2 Å². The normalized spacial score (nSPS) is 18.2. The first-order valence-electron chi connectivity index (χ1n) is 9.22. The smallest absolute Gasteiger partial charge is 0.231 e. The highest BCUT2D eigenvalue weighted by Gasteiger charge is 2.37. The molecule has 0 bridgehead atoms. The van der Waals surface area contributed by atoms with Crippen LogP contribution in [-0.4, -0.2) is 52.6 Å². The van der Waals surface area contributed by atoms with Crippen LogP contribution in [0.25, 0.3) is 5.69 Å². The van der Waals surface area contributed by atoms with Crippen LogP contribution in [0.5, 0.6) is 17.2 Å². The van der Waals surface area contributed by atoms with Crippen LogP contribution < -0.4 is 14.2 Å². The van der Waals surface area contributed by atoms with E-state index < -0.39 is 0 Å². The molecule has 0 aliphatic carbocycles. The lowest BCUT2D eigenvalue weighted by atomic mass is 9.90. The number of tetrazole rings is 1. The van der Waals surface area contributed by atoms with Crippen LogP contribution in [0.2, 0.25) is 0 Å². The fraction of sp³-hybridized carbons (Fsp3) is 0.350. The Morgan fingerprint density at radius 2 is 2.00 bits per heavy atom. The number of aromatic nitrogens is 4. The number of fused-ring (bicyclic) bond motifs is 2. The quantitative estimate of drug-likeness (QED) is 0.691. The molecule has 8 heteroatoms. The molecule has 2 aliphatic rings. The molecule has 0 radical (unpaired) electrons. The van der Waals surface area contributed by atoms with E-state index in [-0.39, 0.29) is 12.8 Å². The third-order valence-electron chi connectivity index (χ3n) is 5.41. The zero-order valence-electron chi connectivity index (χ0n) is 16.0. The average molecular weight is 379 g/mol. The molecule has 0 unspecified atom stereocenters. The van der Waals surface area contributed by atoms with Gasteiger partial charge in [0.05, 0.1) is 12.8 Å². The Bertz CT molecular complexity index is 1030. The van der Waals surface area contributed by atoms with Gasteiger partial charge in [-0.1, -0.05) is 17.7 Å². The Kier molecular flexibility index (Phi) is 3.94. The average Bonchev–Trinajstić information content (AvgIpc) is 3.36. The summed E-state index contributed by atoms with van der Waals surface area (Å²) >= 11 is 0. The minimum atomic E-state index is -0.162. The first kappa shape index (κ1) is 17.0. The van der Waals surface area contributed by atoms with Gasteiger partial charge in [0.15, 0.2) is 17.3 Å². The molecule has 3 aromatic rings. The van der Waals surface area contributed by atoms with Gasteiger partial charge in [0, 0.05) is 12.1 Å². The Morgan fingerprint density at radius 1 is 1.18 bits per heavy atom.